The fourth-order valence-electron chi connectivity index (χ4n) is 3.91. The van der Waals surface area contributed by atoms with Crippen LogP contribution in [0.1, 0.15) is 27.2 Å². The summed E-state index contributed by atoms with van der Waals surface area (Å²) in [6.45, 7) is 9.22. The van der Waals surface area contributed by atoms with Crippen LogP contribution < -0.4 is 11.1 Å². The zero-order valence-electron chi connectivity index (χ0n) is 21.2. The molecule has 0 spiro atoms. The number of H-pyrrole nitrogens is 2. The number of nitriles is 1. The monoisotopic (exact) mass is 526 g/mol. The number of esters is 1. The van der Waals surface area contributed by atoms with Crippen molar-refractivity contribution >= 4 is 23.0 Å². The summed E-state index contributed by atoms with van der Waals surface area (Å²) in [6.07, 6.45) is 3.36. The second-order valence-corrected chi connectivity index (χ2v) is 8.11. The number of methoxy groups -OCH3 is 2. The summed E-state index contributed by atoms with van der Waals surface area (Å²) in [6, 6.07) is 10.7. The van der Waals surface area contributed by atoms with Crippen LogP contribution in [0.5, 0.6) is 0 Å². The molecule has 0 radical (unpaired) electrons. The van der Waals surface area contributed by atoms with Crippen molar-refractivity contribution in [2.45, 2.75) is 13.3 Å². The van der Waals surface area contributed by atoms with Gasteiger partial charge in [-0.1, -0.05) is 30.3 Å². The van der Waals surface area contributed by atoms with Gasteiger partial charge in [-0.15, -0.1) is 0 Å². The lowest BCUT2D eigenvalue weighted by molar-refractivity contribution is 0.0599. The number of hydrogen-bond acceptors (Lipinski definition) is 8. The number of rotatable bonds is 5. The number of nitrogens with one attached hydrogen (secondary N) is 2. The van der Waals surface area contributed by atoms with E-state index in [-0.39, 0.29) is 28.0 Å². The van der Waals surface area contributed by atoms with Gasteiger partial charge in [0.05, 0.1) is 26.0 Å². The van der Waals surface area contributed by atoms with E-state index >= 15 is 0 Å². The summed E-state index contributed by atoms with van der Waals surface area (Å²) in [7, 11) is 2.78. The van der Waals surface area contributed by atoms with E-state index in [1.807, 2.05) is 12.1 Å². The maximum atomic E-state index is 12.5. The van der Waals surface area contributed by atoms with Gasteiger partial charge in [-0.3, -0.25) is 14.7 Å². The molecule has 0 aliphatic heterocycles. The van der Waals surface area contributed by atoms with Gasteiger partial charge in [0, 0.05) is 42.7 Å². The van der Waals surface area contributed by atoms with Crippen molar-refractivity contribution in [3.05, 3.63) is 97.2 Å². The molecule has 5 rings (SSSR count). The summed E-state index contributed by atoms with van der Waals surface area (Å²) in [4.78, 5) is 48.5. The summed E-state index contributed by atoms with van der Waals surface area (Å²) < 4.78 is 12.0. The Labute approximate surface area is 220 Å². The van der Waals surface area contributed by atoms with Gasteiger partial charge in [0.1, 0.15) is 11.6 Å². The molecule has 39 heavy (non-hydrogen) atoms. The highest BCUT2D eigenvalue weighted by Crippen LogP contribution is 2.21. The van der Waals surface area contributed by atoms with Gasteiger partial charge >= 0.3 is 5.97 Å². The Kier molecular flexibility index (Phi) is 7.65. The van der Waals surface area contributed by atoms with Crippen molar-refractivity contribution in [1.29, 1.82) is 5.26 Å². The minimum absolute atomic E-state index is 0.166. The van der Waals surface area contributed by atoms with Gasteiger partial charge < -0.3 is 14.6 Å². The molecule has 0 bridgehead atoms. The summed E-state index contributed by atoms with van der Waals surface area (Å²) in [5.74, 6) is -0.779. The highest BCUT2D eigenvalue weighted by molar-refractivity contribution is 5.96. The Morgan fingerprint density at radius 2 is 1.77 bits per heavy atom. The minimum atomic E-state index is -0.779. The zero-order valence-corrected chi connectivity index (χ0v) is 21.2. The molecule has 0 amide bonds. The number of aromatic amines is 2. The second-order valence-electron chi connectivity index (χ2n) is 8.11. The van der Waals surface area contributed by atoms with Gasteiger partial charge in [0.2, 0.25) is 5.69 Å². The van der Waals surface area contributed by atoms with E-state index in [4.69, 9.17) is 21.3 Å². The number of fused-ring (bicyclic) bond motifs is 2. The Bertz CT molecular complexity index is 1880. The van der Waals surface area contributed by atoms with E-state index in [0.717, 1.165) is 4.52 Å². The first-order chi connectivity index (χ1) is 18.9. The van der Waals surface area contributed by atoms with E-state index in [0.29, 0.717) is 41.2 Å². The van der Waals surface area contributed by atoms with E-state index < -0.39 is 11.5 Å². The molecule has 0 aliphatic rings. The van der Waals surface area contributed by atoms with Crippen LogP contribution in [-0.4, -0.2) is 56.0 Å². The smallest absolute Gasteiger partial charge is 0.345 e. The molecule has 0 atom stereocenters. The lowest BCUT2D eigenvalue weighted by atomic mass is 10.1. The number of ether oxygens (including phenoxy) is 2. The molecule has 13 nitrogen and oxygen atoms in total. The second kappa shape index (κ2) is 11.2. The Morgan fingerprint density at radius 1 is 1.08 bits per heavy atom. The molecule has 1 aromatic carbocycles. The molecular formula is C26H22N8O5. The van der Waals surface area contributed by atoms with Gasteiger partial charge in [-0.25, -0.2) is 24.1 Å². The Morgan fingerprint density at radius 3 is 2.41 bits per heavy atom. The van der Waals surface area contributed by atoms with Crippen molar-refractivity contribution in [2.75, 3.05) is 20.8 Å². The minimum Gasteiger partial charge on any atom is -0.465 e. The molecular weight excluding hydrogens is 504 g/mol. The number of carbonyl (C=O) groups excluding carboxylic acids is 1. The molecule has 196 valence electrons. The summed E-state index contributed by atoms with van der Waals surface area (Å²) in [5.41, 5.74) is 2.19. The molecule has 4 heterocycles. The van der Waals surface area contributed by atoms with Crippen molar-refractivity contribution < 1.29 is 14.3 Å². The van der Waals surface area contributed by atoms with Gasteiger partial charge in [-0.2, -0.15) is 9.78 Å². The maximum absolute atomic E-state index is 12.5. The van der Waals surface area contributed by atoms with Crippen LogP contribution in [0.2, 0.25) is 0 Å². The molecule has 0 fully saturated rings. The molecule has 0 aliphatic carbocycles. The van der Waals surface area contributed by atoms with E-state index in [2.05, 4.69) is 25.0 Å². The van der Waals surface area contributed by atoms with E-state index in [1.54, 1.807) is 38.3 Å². The summed E-state index contributed by atoms with van der Waals surface area (Å²) in [5, 5.41) is 14.4. The van der Waals surface area contributed by atoms with Crippen molar-refractivity contribution in [1.82, 2.24) is 29.2 Å². The van der Waals surface area contributed by atoms with Crippen molar-refractivity contribution in [3.63, 3.8) is 0 Å². The average molecular weight is 527 g/mol. The largest absolute Gasteiger partial charge is 0.465 e. The average Bonchev–Trinajstić information content (AvgIpc) is 3.57. The predicted octanol–water partition coefficient (Wildman–Crippen LogP) is 2.42. The van der Waals surface area contributed by atoms with Crippen molar-refractivity contribution in [2.24, 2.45) is 0 Å². The molecule has 0 unspecified atom stereocenters. The summed E-state index contributed by atoms with van der Waals surface area (Å²) >= 11 is 0. The van der Waals surface area contributed by atoms with Gasteiger partial charge in [-0.05, 0) is 6.92 Å². The Hall–Kier alpha value is -5.53. The molecule has 4 aromatic heterocycles. The third kappa shape index (κ3) is 4.90. The van der Waals surface area contributed by atoms with Crippen LogP contribution in [0, 0.1) is 24.8 Å². The number of benzene rings is 1. The van der Waals surface area contributed by atoms with Crippen LogP contribution in [0.4, 0.5) is 5.69 Å². The number of aryl methyl sites for hydroxylation is 1. The third-order valence-electron chi connectivity index (χ3n) is 5.84. The van der Waals surface area contributed by atoms with E-state index in [1.165, 1.54) is 24.0 Å². The third-order valence-corrected chi connectivity index (χ3v) is 5.84. The highest BCUT2D eigenvalue weighted by Gasteiger charge is 2.23. The fourth-order valence-corrected chi connectivity index (χ4v) is 3.91. The number of nitrogens with zero attached hydrogens (tertiary/aromatic N) is 6. The first kappa shape index (κ1) is 26.5. The number of aromatic nitrogens is 6. The SMILES string of the molecule is COC(=O)c1c(-c2ccccc2)nc2c(C#N)c[nH]n2c1=O.[C-]#[N+]c1c[nH]n2c(=O)c(CCOC)c(C)nc12. The fraction of sp³-hybridized carbons (Fsp3) is 0.192. The van der Waals surface area contributed by atoms with E-state index in [9.17, 15) is 14.4 Å². The van der Waals surface area contributed by atoms with Crippen LogP contribution >= 0.6 is 0 Å². The zero-order chi connectivity index (χ0) is 28.1. The molecule has 0 saturated carbocycles. The number of carbonyl (C=O) groups is 1. The molecule has 13 heteroatoms. The quantitative estimate of drug-likeness (QED) is 0.260. The highest BCUT2D eigenvalue weighted by atomic mass is 16.5. The van der Waals surface area contributed by atoms with Crippen LogP contribution in [0.25, 0.3) is 27.4 Å². The predicted molar refractivity (Wildman–Crippen MR) is 140 cm³/mol. The lowest BCUT2D eigenvalue weighted by Crippen LogP contribution is -2.25. The standard InChI is InChI=1S/C15H10N4O3.C11H12N4O2/c1-22-15(21)11-12(9-5-3-2-4-6-9)18-13-10(7-16)8-17-19(13)14(11)20;1-7-8(4-5-17-3)11(16)15-10(14-7)9(12-2)6-13-15/h2-6,8,17H,1H3;6,13H,4-5H2,1,3H3. The molecule has 0 saturated heterocycles. The van der Waals surface area contributed by atoms with Crippen molar-refractivity contribution in [3.8, 4) is 17.3 Å². The molecule has 2 N–H and O–H groups in total. The first-order valence-corrected chi connectivity index (χ1v) is 11.5. The normalized spacial score (nSPS) is 10.5. The van der Waals surface area contributed by atoms with Crippen LogP contribution in [-0.2, 0) is 15.9 Å². The number of hydrogen-bond donors (Lipinski definition) is 2. The topological polar surface area (TPSA) is 164 Å². The van der Waals surface area contributed by atoms with Gasteiger partial charge in [0.15, 0.2) is 16.9 Å². The van der Waals surface area contributed by atoms with Gasteiger partial charge in [0.25, 0.3) is 11.1 Å². The maximum Gasteiger partial charge on any atom is 0.345 e. The molecule has 5 aromatic rings. The first-order valence-electron chi connectivity index (χ1n) is 11.5. The van der Waals surface area contributed by atoms with Crippen LogP contribution in [0.15, 0.2) is 52.3 Å². The van der Waals surface area contributed by atoms with Crippen LogP contribution in [0.3, 0.4) is 0 Å². The Balaban J connectivity index is 0.000000187. The lowest BCUT2D eigenvalue weighted by Gasteiger charge is -2.07.